The maximum atomic E-state index is 13.0. The van der Waals surface area contributed by atoms with Crippen LogP contribution in [0.15, 0.2) is 18.2 Å². The lowest BCUT2D eigenvalue weighted by molar-refractivity contribution is -0.144. The van der Waals surface area contributed by atoms with Crippen LogP contribution in [-0.4, -0.2) is 49.6 Å². The number of methoxy groups -OCH3 is 1. The zero-order chi connectivity index (χ0) is 24.5. The third kappa shape index (κ3) is 4.89. The Balaban J connectivity index is 1.39. The molecule has 3 aliphatic rings. The molecule has 0 aromatic heterocycles. The summed E-state index contributed by atoms with van der Waals surface area (Å²) in [5, 5.41) is 17.6. The van der Waals surface area contributed by atoms with E-state index in [1.807, 2.05) is 25.1 Å². The van der Waals surface area contributed by atoms with Gasteiger partial charge in [-0.1, -0.05) is 26.8 Å². The molecule has 0 radical (unpaired) electrons. The zero-order valence-electron chi connectivity index (χ0n) is 20.6. The van der Waals surface area contributed by atoms with Crippen molar-refractivity contribution in [3.8, 4) is 11.5 Å². The van der Waals surface area contributed by atoms with Crippen molar-refractivity contribution in [2.24, 2.45) is 29.1 Å². The van der Waals surface area contributed by atoms with E-state index in [1.165, 1.54) is 7.11 Å². The second-order valence-electron chi connectivity index (χ2n) is 10.6. The van der Waals surface area contributed by atoms with Crippen LogP contribution in [0.25, 0.3) is 0 Å². The van der Waals surface area contributed by atoms with E-state index < -0.39 is 6.10 Å². The molecule has 1 aliphatic heterocycles. The maximum Gasteiger partial charge on any atom is 0.246 e. The molecular weight excluding hydrogens is 436 g/mol. The molecule has 34 heavy (non-hydrogen) atoms. The lowest BCUT2D eigenvalue weighted by atomic mass is 9.51. The topological polar surface area (TPSA) is 106 Å². The Morgan fingerprint density at radius 3 is 2.74 bits per heavy atom. The van der Waals surface area contributed by atoms with Gasteiger partial charge in [-0.25, -0.2) is 0 Å². The summed E-state index contributed by atoms with van der Waals surface area (Å²) in [6.07, 6.45) is 3.05. The van der Waals surface area contributed by atoms with Crippen molar-refractivity contribution in [1.29, 1.82) is 0 Å². The van der Waals surface area contributed by atoms with Gasteiger partial charge in [-0.2, -0.15) is 0 Å². The van der Waals surface area contributed by atoms with Crippen LogP contribution in [0.4, 0.5) is 0 Å². The van der Waals surface area contributed by atoms with Gasteiger partial charge in [-0.3, -0.25) is 9.59 Å². The number of hydrogen-bond donors (Lipinski definition) is 3. The summed E-state index contributed by atoms with van der Waals surface area (Å²) in [4.78, 5) is 25.2. The van der Waals surface area contributed by atoms with E-state index in [9.17, 15) is 14.7 Å². The van der Waals surface area contributed by atoms with E-state index in [2.05, 4.69) is 24.5 Å². The van der Waals surface area contributed by atoms with Crippen molar-refractivity contribution in [3.05, 3.63) is 23.8 Å². The molecule has 0 saturated heterocycles. The minimum atomic E-state index is -0.595. The van der Waals surface area contributed by atoms with Gasteiger partial charge in [0.2, 0.25) is 18.6 Å². The minimum absolute atomic E-state index is 0.00395. The first-order chi connectivity index (χ1) is 16.2. The second-order valence-corrected chi connectivity index (χ2v) is 10.6. The van der Waals surface area contributed by atoms with E-state index >= 15 is 0 Å². The number of aliphatic hydroxyl groups excluding tert-OH is 1. The number of hydrogen-bond acceptors (Lipinski definition) is 6. The largest absolute Gasteiger partial charge is 0.454 e. The third-order valence-corrected chi connectivity index (χ3v) is 8.47. The smallest absolute Gasteiger partial charge is 0.246 e. The molecule has 2 amide bonds. The van der Waals surface area contributed by atoms with Crippen molar-refractivity contribution in [1.82, 2.24) is 10.6 Å². The fourth-order valence-electron chi connectivity index (χ4n) is 6.47. The molecule has 1 aromatic carbocycles. The number of rotatable bonds is 7. The SMILES string of the molecule is COCC(=O)N[C@H]1CC[C@]2(C)CC[C@H]([C@H](C)C(=O)NCc3ccc4c(c3)OCO4)[C@H](O)[C@H]2[C@@H]1C. The van der Waals surface area contributed by atoms with E-state index in [-0.39, 0.29) is 60.3 Å². The molecule has 2 fully saturated rings. The number of benzene rings is 1. The molecule has 188 valence electrons. The number of aliphatic hydroxyl groups is 1. The van der Waals surface area contributed by atoms with E-state index in [1.54, 1.807) is 0 Å². The molecule has 7 atom stereocenters. The van der Waals surface area contributed by atoms with Crippen LogP contribution in [-0.2, 0) is 20.9 Å². The molecule has 8 nitrogen and oxygen atoms in total. The molecular formula is C26H38N2O6. The maximum absolute atomic E-state index is 13.0. The molecule has 4 rings (SSSR count). The van der Waals surface area contributed by atoms with Crippen LogP contribution in [0.3, 0.4) is 0 Å². The summed E-state index contributed by atoms with van der Waals surface area (Å²) < 4.78 is 15.7. The normalized spacial score (nSPS) is 33.0. The number of ether oxygens (including phenoxy) is 3. The highest BCUT2D eigenvalue weighted by Gasteiger charge is 2.53. The van der Waals surface area contributed by atoms with Crippen molar-refractivity contribution in [2.45, 2.75) is 65.1 Å². The number of amides is 2. The third-order valence-electron chi connectivity index (χ3n) is 8.47. The van der Waals surface area contributed by atoms with Gasteiger partial charge in [0.05, 0.1) is 6.10 Å². The van der Waals surface area contributed by atoms with E-state index in [0.717, 1.165) is 37.0 Å². The molecule has 0 unspecified atom stereocenters. The van der Waals surface area contributed by atoms with Gasteiger partial charge in [0.25, 0.3) is 0 Å². The number of carbonyl (C=O) groups excluding carboxylic acids is 2. The Kier molecular flexibility index (Phi) is 7.38. The van der Waals surface area contributed by atoms with Gasteiger partial charge < -0.3 is 30.0 Å². The Labute approximate surface area is 201 Å². The molecule has 0 bridgehead atoms. The van der Waals surface area contributed by atoms with Crippen LogP contribution in [0, 0.1) is 29.1 Å². The van der Waals surface area contributed by atoms with Gasteiger partial charge >= 0.3 is 0 Å². The molecule has 1 aromatic rings. The highest BCUT2D eigenvalue weighted by molar-refractivity contribution is 5.79. The van der Waals surface area contributed by atoms with Crippen molar-refractivity contribution in [2.75, 3.05) is 20.5 Å². The summed E-state index contributed by atoms with van der Waals surface area (Å²) in [6, 6.07) is 5.66. The first-order valence-corrected chi connectivity index (χ1v) is 12.4. The van der Waals surface area contributed by atoms with Crippen molar-refractivity contribution < 1.29 is 28.9 Å². The van der Waals surface area contributed by atoms with Crippen molar-refractivity contribution in [3.63, 3.8) is 0 Å². The fourth-order valence-corrected chi connectivity index (χ4v) is 6.47. The van der Waals surface area contributed by atoms with Gasteiger partial charge in [0, 0.05) is 25.6 Å². The lowest BCUT2D eigenvalue weighted by Crippen LogP contribution is -2.58. The predicted molar refractivity (Wildman–Crippen MR) is 126 cm³/mol. The standard InChI is InChI=1S/C26H38N2O6/c1-15(25(31)27-12-17-5-6-20-21(11-17)34-14-33-20)18-7-9-26(3)10-8-19(28-22(29)13-32-4)16(2)23(26)24(18)30/h5-6,11,15-16,18-19,23-24,30H,7-10,12-14H2,1-4H3,(H,27,31)(H,28,29)/t15-,16+,18+,19-,23+,24-,26-/m0/s1. The molecule has 8 heteroatoms. The lowest BCUT2D eigenvalue weighted by Gasteiger charge is -2.56. The highest BCUT2D eigenvalue weighted by atomic mass is 16.7. The number of fused-ring (bicyclic) bond motifs is 2. The Bertz CT molecular complexity index is 907. The Morgan fingerprint density at radius 1 is 1.24 bits per heavy atom. The number of carbonyl (C=O) groups is 2. The summed E-state index contributed by atoms with van der Waals surface area (Å²) in [6.45, 7) is 6.94. The quantitative estimate of drug-likeness (QED) is 0.561. The van der Waals surface area contributed by atoms with Crippen LogP contribution in [0.1, 0.15) is 52.0 Å². The average Bonchev–Trinajstić information content (AvgIpc) is 3.27. The van der Waals surface area contributed by atoms with Crippen molar-refractivity contribution >= 4 is 11.8 Å². The van der Waals surface area contributed by atoms with E-state index in [0.29, 0.717) is 12.3 Å². The Morgan fingerprint density at radius 2 is 1.97 bits per heavy atom. The number of nitrogens with one attached hydrogen (secondary N) is 2. The monoisotopic (exact) mass is 474 g/mol. The van der Waals surface area contributed by atoms with Gasteiger partial charge in [0.1, 0.15) is 6.61 Å². The molecule has 1 heterocycles. The average molecular weight is 475 g/mol. The molecule has 0 spiro atoms. The fraction of sp³-hybridized carbons (Fsp3) is 0.692. The molecule has 3 N–H and O–H groups in total. The van der Waals surface area contributed by atoms with Crippen LogP contribution in [0.2, 0.25) is 0 Å². The summed E-state index contributed by atoms with van der Waals surface area (Å²) in [5.74, 6) is 0.934. The predicted octanol–water partition coefficient (Wildman–Crippen LogP) is 2.62. The van der Waals surface area contributed by atoms with Crippen LogP contribution in [0.5, 0.6) is 11.5 Å². The van der Waals surface area contributed by atoms with Gasteiger partial charge in [-0.15, -0.1) is 0 Å². The minimum Gasteiger partial charge on any atom is -0.454 e. The summed E-state index contributed by atoms with van der Waals surface area (Å²) >= 11 is 0. The highest BCUT2D eigenvalue weighted by Crippen LogP contribution is 2.55. The molecule has 2 saturated carbocycles. The van der Waals surface area contributed by atoms with Crippen LogP contribution >= 0.6 is 0 Å². The van der Waals surface area contributed by atoms with Gasteiger partial charge in [-0.05, 0) is 66.5 Å². The van der Waals surface area contributed by atoms with Gasteiger partial charge in [0.15, 0.2) is 11.5 Å². The summed E-state index contributed by atoms with van der Waals surface area (Å²) in [5.41, 5.74) is 0.956. The van der Waals surface area contributed by atoms with E-state index in [4.69, 9.17) is 14.2 Å². The second kappa shape index (κ2) is 10.1. The Hall–Kier alpha value is -2.32. The first-order valence-electron chi connectivity index (χ1n) is 12.4. The van der Waals surface area contributed by atoms with Crippen LogP contribution < -0.4 is 20.1 Å². The molecule has 2 aliphatic carbocycles. The first kappa shape index (κ1) is 24.8. The zero-order valence-corrected chi connectivity index (χ0v) is 20.6. The summed E-state index contributed by atoms with van der Waals surface area (Å²) in [7, 11) is 1.51.